The van der Waals surface area contributed by atoms with Crippen LogP contribution in [-0.4, -0.2) is 26.2 Å². The number of carbonyl (C=O) groups excluding carboxylic acids is 2. The summed E-state index contributed by atoms with van der Waals surface area (Å²) in [5.74, 6) is -0.696. The van der Waals surface area contributed by atoms with Gasteiger partial charge in [-0.1, -0.05) is 18.2 Å². The molecule has 1 N–H and O–H groups in total. The minimum absolute atomic E-state index is 0.0625. The molecule has 0 radical (unpaired) electrons. The number of rotatable bonds is 5. The molecule has 0 spiro atoms. The summed E-state index contributed by atoms with van der Waals surface area (Å²) in [5.41, 5.74) is 2.02. The molecule has 106 valence electrons. The highest BCUT2D eigenvalue weighted by molar-refractivity contribution is 5.98. The van der Waals surface area contributed by atoms with Crippen LogP contribution in [0.3, 0.4) is 0 Å². The highest BCUT2D eigenvalue weighted by Gasteiger charge is 2.26. The Labute approximate surface area is 117 Å². The van der Waals surface area contributed by atoms with Crippen LogP contribution in [0.15, 0.2) is 36.0 Å². The average Bonchev–Trinajstić information content (AvgIpc) is 3.30. The van der Waals surface area contributed by atoms with Gasteiger partial charge >= 0.3 is 11.9 Å². The zero-order valence-electron chi connectivity index (χ0n) is 11.5. The molecular formula is C15H17NO4. The predicted molar refractivity (Wildman–Crippen MR) is 74.2 cm³/mol. The number of anilines is 1. The van der Waals surface area contributed by atoms with Gasteiger partial charge in [-0.05, 0) is 30.4 Å². The molecule has 20 heavy (non-hydrogen) atoms. The van der Waals surface area contributed by atoms with Crippen molar-refractivity contribution in [2.24, 2.45) is 0 Å². The van der Waals surface area contributed by atoms with Gasteiger partial charge in [-0.3, -0.25) is 0 Å². The number of methoxy groups -OCH3 is 2. The lowest BCUT2D eigenvalue weighted by atomic mass is 10.1. The molecule has 0 bridgehead atoms. The number of benzene rings is 1. The highest BCUT2D eigenvalue weighted by atomic mass is 16.5. The van der Waals surface area contributed by atoms with Crippen molar-refractivity contribution < 1.29 is 19.1 Å². The fraction of sp³-hybridized carbons (Fsp3) is 0.333. The second kappa shape index (κ2) is 6.23. The Kier molecular flexibility index (Phi) is 4.40. The Bertz CT molecular complexity index is 547. The Morgan fingerprint density at radius 3 is 2.50 bits per heavy atom. The second-order valence-electron chi connectivity index (χ2n) is 4.56. The molecule has 0 unspecified atom stereocenters. The number of hydrogen-bond donors (Lipinski definition) is 1. The Morgan fingerprint density at radius 2 is 1.90 bits per heavy atom. The summed E-state index contributed by atoms with van der Waals surface area (Å²) < 4.78 is 9.21. The van der Waals surface area contributed by atoms with E-state index in [9.17, 15) is 9.59 Å². The van der Waals surface area contributed by atoms with Crippen LogP contribution in [0.5, 0.6) is 0 Å². The van der Waals surface area contributed by atoms with Crippen LogP contribution < -0.4 is 5.32 Å². The molecular weight excluding hydrogens is 258 g/mol. The summed E-state index contributed by atoms with van der Waals surface area (Å²) in [4.78, 5) is 23.0. The van der Waals surface area contributed by atoms with E-state index in [2.05, 4.69) is 14.8 Å². The maximum Gasteiger partial charge on any atom is 0.354 e. The van der Waals surface area contributed by atoms with Crippen LogP contribution in [-0.2, 0) is 19.1 Å². The zero-order chi connectivity index (χ0) is 14.5. The second-order valence-corrected chi connectivity index (χ2v) is 4.56. The Morgan fingerprint density at radius 1 is 1.20 bits per heavy atom. The van der Waals surface area contributed by atoms with Crippen LogP contribution >= 0.6 is 0 Å². The number of nitrogens with one attached hydrogen (secondary N) is 1. The van der Waals surface area contributed by atoms with Gasteiger partial charge in [0.1, 0.15) is 5.70 Å². The lowest BCUT2D eigenvalue weighted by molar-refractivity contribution is -0.138. The molecule has 0 atom stereocenters. The maximum atomic E-state index is 11.7. The van der Waals surface area contributed by atoms with Gasteiger partial charge in [0, 0.05) is 5.69 Å². The minimum Gasteiger partial charge on any atom is -0.466 e. The molecule has 2 rings (SSSR count). The van der Waals surface area contributed by atoms with Crippen LogP contribution in [0.2, 0.25) is 0 Å². The van der Waals surface area contributed by atoms with Gasteiger partial charge in [-0.25, -0.2) is 9.59 Å². The molecule has 5 nitrogen and oxygen atoms in total. The molecule has 1 aromatic carbocycles. The number of esters is 2. The summed E-state index contributed by atoms with van der Waals surface area (Å²) in [6.07, 6.45) is 3.38. The molecule has 0 saturated heterocycles. The van der Waals surface area contributed by atoms with Gasteiger partial charge in [0.05, 0.1) is 20.3 Å². The third-order valence-electron chi connectivity index (χ3n) is 3.12. The van der Waals surface area contributed by atoms with E-state index >= 15 is 0 Å². The Hall–Kier alpha value is -2.30. The number of carbonyl (C=O) groups is 2. The fourth-order valence-corrected chi connectivity index (χ4v) is 1.94. The lowest BCUT2D eigenvalue weighted by Crippen LogP contribution is -2.16. The van der Waals surface area contributed by atoms with Crippen molar-refractivity contribution in [2.75, 3.05) is 19.5 Å². The van der Waals surface area contributed by atoms with E-state index in [-0.39, 0.29) is 5.70 Å². The molecule has 1 fully saturated rings. The zero-order valence-corrected chi connectivity index (χ0v) is 11.5. The van der Waals surface area contributed by atoms with Gasteiger partial charge in [0.2, 0.25) is 0 Å². The van der Waals surface area contributed by atoms with E-state index in [4.69, 9.17) is 0 Å². The van der Waals surface area contributed by atoms with Gasteiger partial charge in [0.15, 0.2) is 0 Å². The Balaban J connectivity index is 2.26. The summed E-state index contributed by atoms with van der Waals surface area (Å²) >= 11 is 0. The molecule has 1 aliphatic carbocycles. The van der Waals surface area contributed by atoms with E-state index in [0.717, 1.165) is 30.2 Å². The molecule has 1 aliphatic rings. The van der Waals surface area contributed by atoms with Crippen molar-refractivity contribution in [3.05, 3.63) is 41.6 Å². The SMILES string of the molecule is COC(=O)/C=C(/Nc1ccccc1C1CC1)C(=O)OC. The number of hydrogen-bond acceptors (Lipinski definition) is 5. The quantitative estimate of drug-likeness (QED) is 0.659. The summed E-state index contributed by atoms with van der Waals surface area (Å²) in [6.45, 7) is 0. The normalized spacial score (nSPS) is 14.6. The third-order valence-corrected chi connectivity index (χ3v) is 3.12. The molecule has 1 aromatic rings. The minimum atomic E-state index is -0.610. The highest BCUT2D eigenvalue weighted by Crippen LogP contribution is 2.43. The van der Waals surface area contributed by atoms with Crippen molar-refractivity contribution in [2.45, 2.75) is 18.8 Å². The van der Waals surface area contributed by atoms with E-state index in [1.807, 2.05) is 24.3 Å². The van der Waals surface area contributed by atoms with E-state index in [0.29, 0.717) is 5.92 Å². The van der Waals surface area contributed by atoms with Crippen molar-refractivity contribution in [3.63, 3.8) is 0 Å². The van der Waals surface area contributed by atoms with Crippen molar-refractivity contribution in [1.82, 2.24) is 0 Å². The van der Waals surface area contributed by atoms with E-state index in [1.165, 1.54) is 14.2 Å². The smallest absolute Gasteiger partial charge is 0.354 e. The first kappa shape index (κ1) is 14.1. The van der Waals surface area contributed by atoms with E-state index in [1.54, 1.807) is 0 Å². The predicted octanol–water partition coefficient (Wildman–Crippen LogP) is 2.21. The van der Waals surface area contributed by atoms with Crippen LogP contribution in [0.1, 0.15) is 24.3 Å². The van der Waals surface area contributed by atoms with Crippen molar-refractivity contribution in [3.8, 4) is 0 Å². The molecule has 5 heteroatoms. The lowest BCUT2D eigenvalue weighted by Gasteiger charge is -2.13. The first-order valence-corrected chi connectivity index (χ1v) is 6.39. The first-order valence-electron chi connectivity index (χ1n) is 6.39. The first-order chi connectivity index (χ1) is 9.65. The summed E-state index contributed by atoms with van der Waals surface area (Å²) in [7, 11) is 2.52. The van der Waals surface area contributed by atoms with Gasteiger partial charge < -0.3 is 14.8 Å². The average molecular weight is 275 g/mol. The number of para-hydroxylation sites is 1. The maximum absolute atomic E-state index is 11.7. The van der Waals surface area contributed by atoms with Gasteiger partial charge in [0.25, 0.3) is 0 Å². The molecule has 1 saturated carbocycles. The van der Waals surface area contributed by atoms with Crippen LogP contribution in [0, 0.1) is 0 Å². The topological polar surface area (TPSA) is 64.6 Å². The molecule has 0 heterocycles. The van der Waals surface area contributed by atoms with Gasteiger partial charge in [-0.2, -0.15) is 0 Å². The third kappa shape index (κ3) is 3.38. The number of ether oxygens (including phenoxy) is 2. The van der Waals surface area contributed by atoms with Crippen LogP contribution in [0.4, 0.5) is 5.69 Å². The molecule has 0 aliphatic heterocycles. The fourth-order valence-electron chi connectivity index (χ4n) is 1.94. The van der Waals surface area contributed by atoms with Crippen molar-refractivity contribution >= 4 is 17.6 Å². The molecule has 0 aromatic heterocycles. The molecule has 0 amide bonds. The van der Waals surface area contributed by atoms with E-state index < -0.39 is 11.9 Å². The van der Waals surface area contributed by atoms with Crippen LogP contribution in [0.25, 0.3) is 0 Å². The monoisotopic (exact) mass is 275 g/mol. The van der Waals surface area contributed by atoms with Gasteiger partial charge in [-0.15, -0.1) is 0 Å². The van der Waals surface area contributed by atoms with Crippen molar-refractivity contribution in [1.29, 1.82) is 0 Å². The summed E-state index contributed by atoms with van der Waals surface area (Å²) in [6, 6.07) is 7.73. The standard InChI is InChI=1S/C15H17NO4/c1-19-14(17)9-13(15(18)20-2)16-12-6-4-3-5-11(12)10-7-8-10/h3-6,9-10,16H,7-8H2,1-2H3/b13-9+. The largest absolute Gasteiger partial charge is 0.466 e. The summed E-state index contributed by atoms with van der Waals surface area (Å²) in [5, 5.41) is 2.97.